The van der Waals surface area contributed by atoms with Crippen LogP contribution < -0.4 is 9.47 Å². The van der Waals surface area contributed by atoms with Crippen molar-refractivity contribution in [3.63, 3.8) is 0 Å². The second kappa shape index (κ2) is 8.42. The summed E-state index contributed by atoms with van der Waals surface area (Å²) in [6.45, 7) is 0.285. The van der Waals surface area contributed by atoms with Gasteiger partial charge in [-0.1, -0.05) is 12.1 Å². The second-order valence-corrected chi connectivity index (χ2v) is 9.26. The first kappa shape index (κ1) is 22.1. The number of hydrogen-bond acceptors (Lipinski definition) is 6. The molecule has 0 radical (unpaired) electrons. The third-order valence-electron chi connectivity index (χ3n) is 5.26. The van der Waals surface area contributed by atoms with Crippen molar-refractivity contribution in [2.75, 3.05) is 13.7 Å². The van der Waals surface area contributed by atoms with Gasteiger partial charge in [0.05, 0.1) is 24.2 Å². The SMILES string of the molecule is COc1cc(C(F)(F)F)ccc1[C@H]1CCOc2cc(S(=O)(=O)Cc3ncccn3)ccc21. The predicted molar refractivity (Wildman–Crippen MR) is 109 cm³/mol. The number of halogens is 3. The van der Waals surface area contributed by atoms with Crippen LogP contribution in [0, 0.1) is 0 Å². The normalized spacial score (nSPS) is 16.2. The molecule has 0 aliphatic carbocycles. The molecule has 0 fully saturated rings. The summed E-state index contributed by atoms with van der Waals surface area (Å²) >= 11 is 0. The van der Waals surface area contributed by atoms with Crippen LogP contribution in [0.5, 0.6) is 11.5 Å². The van der Waals surface area contributed by atoms with Crippen molar-refractivity contribution in [1.82, 2.24) is 9.97 Å². The van der Waals surface area contributed by atoms with Crippen LogP contribution in [0.2, 0.25) is 0 Å². The lowest BCUT2D eigenvalue weighted by atomic mass is 9.85. The maximum absolute atomic E-state index is 13.1. The quantitative estimate of drug-likeness (QED) is 0.557. The molecule has 0 unspecified atom stereocenters. The molecule has 0 amide bonds. The maximum atomic E-state index is 13.1. The van der Waals surface area contributed by atoms with Crippen molar-refractivity contribution in [2.24, 2.45) is 0 Å². The Kier molecular flexibility index (Phi) is 5.81. The lowest BCUT2D eigenvalue weighted by Gasteiger charge is -2.28. The van der Waals surface area contributed by atoms with E-state index in [0.29, 0.717) is 23.3 Å². The Labute approximate surface area is 183 Å². The standard InChI is InChI=1S/C22H19F3N2O4S/c1-30-19-11-14(22(23,24)25)3-5-17(19)16-7-10-31-20-12-15(4-6-18(16)20)32(28,29)13-21-26-8-2-9-27-21/h2-6,8-9,11-12,16H,7,10,13H2,1H3/t16-/m1/s1. The molecule has 168 valence electrons. The number of nitrogens with zero attached hydrogens (tertiary/aromatic N) is 2. The van der Waals surface area contributed by atoms with E-state index in [9.17, 15) is 21.6 Å². The van der Waals surface area contributed by atoms with E-state index in [1.54, 1.807) is 12.1 Å². The van der Waals surface area contributed by atoms with Gasteiger partial charge in [0.15, 0.2) is 9.84 Å². The molecular weight excluding hydrogens is 445 g/mol. The average Bonchev–Trinajstić information content (AvgIpc) is 2.77. The number of aromatic nitrogens is 2. The first-order chi connectivity index (χ1) is 15.2. The lowest BCUT2D eigenvalue weighted by molar-refractivity contribution is -0.137. The molecule has 1 aromatic heterocycles. The summed E-state index contributed by atoms with van der Waals surface area (Å²) in [6.07, 6.45) is -1.03. The number of benzene rings is 2. The Morgan fingerprint density at radius 3 is 2.50 bits per heavy atom. The van der Waals surface area contributed by atoms with Crippen LogP contribution in [-0.4, -0.2) is 32.1 Å². The topological polar surface area (TPSA) is 78.4 Å². The highest BCUT2D eigenvalue weighted by atomic mass is 32.2. The highest BCUT2D eigenvalue weighted by Crippen LogP contribution is 2.44. The molecule has 3 aromatic rings. The van der Waals surface area contributed by atoms with Crippen molar-refractivity contribution in [3.05, 3.63) is 77.4 Å². The van der Waals surface area contributed by atoms with Crippen LogP contribution >= 0.6 is 0 Å². The molecule has 1 aliphatic heterocycles. The van der Waals surface area contributed by atoms with Gasteiger partial charge in [0, 0.05) is 29.4 Å². The summed E-state index contributed by atoms with van der Waals surface area (Å²) in [5, 5.41) is 0. The van der Waals surface area contributed by atoms with Crippen molar-refractivity contribution < 1.29 is 31.1 Å². The highest BCUT2D eigenvalue weighted by Gasteiger charge is 2.33. The van der Waals surface area contributed by atoms with E-state index in [1.807, 2.05) is 0 Å². The van der Waals surface area contributed by atoms with E-state index in [-0.39, 0.29) is 34.7 Å². The van der Waals surface area contributed by atoms with Gasteiger partial charge in [-0.3, -0.25) is 0 Å². The average molecular weight is 464 g/mol. The molecule has 1 atom stereocenters. The van der Waals surface area contributed by atoms with Crippen LogP contribution in [0.1, 0.15) is 34.9 Å². The number of fused-ring (bicyclic) bond motifs is 1. The van der Waals surface area contributed by atoms with E-state index in [4.69, 9.17) is 9.47 Å². The van der Waals surface area contributed by atoms with E-state index in [0.717, 1.165) is 12.1 Å². The van der Waals surface area contributed by atoms with E-state index < -0.39 is 21.6 Å². The largest absolute Gasteiger partial charge is 0.496 e. The summed E-state index contributed by atoms with van der Waals surface area (Å²) in [6, 6.07) is 9.53. The zero-order valence-corrected chi connectivity index (χ0v) is 17.8. The molecule has 0 saturated carbocycles. The summed E-state index contributed by atoms with van der Waals surface area (Å²) in [4.78, 5) is 7.97. The van der Waals surface area contributed by atoms with Crippen molar-refractivity contribution in [1.29, 1.82) is 0 Å². The molecule has 2 aromatic carbocycles. The molecule has 4 rings (SSSR count). The second-order valence-electron chi connectivity index (χ2n) is 7.27. The van der Waals surface area contributed by atoms with Gasteiger partial charge in [0.1, 0.15) is 23.1 Å². The fourth-order valence-electron chi connectivity index (χ4n) is 3.72. The number of hydrogen-bond donors (Lipinski definition) is 0. The van der Waals surface area contributed by atoms with Gasteiger partial charge in [-0.05, 0) is 36.8 Å². The fourth-order valence-corrected chi connectivity index (χ4v) is 4.94. The minimum absolute atomic E-state index is 0.0590. The van der Waals surface area contributed by atoms with Gasteiger partial charge in [0.2, 0.25) is 0 Å². The number of alkyl halides is 3. The minimum Gasteiger partial charge on any atom is -0.496 e. The zero-order valence-electron chi connectivity index (χ0n) is 17.0. The molecule has 0 saturated heterocycles. The molecule has 0 bridgehead atoms. The number of sulfone groups is 1. The Bertz CT molecular complexity index is 1230. The summed E-state index contributed by atoms with van der Waals surface area (Å²) < 4.78 is 75.8. The van der Waals surface area contributed by atoms with Crippen LogP contribution in [0.25, 0.3) is 0 Å². The number of ether oxygens (including phenoxy) is 2. The van der Waals surface area contributed by atoms with Crippen LogP contribution in [0.15, 0.2) is 59.8 Å². The number of methoxy groups -OCH3 is 1. The van der Waals surface area contributed by atoms with Gasteiger partial charge < -0.3 is 9.47 Å². The summed E-state index contributed by atoms with van der Waals surface area (Å²) in [5.41, 5.74) is 0.470. The Hall–Kier alpha value is -3.14. The van der Waals surface area contributed by atoms with Crippen molar-refractivity contribution >= 4 is 9.84 Å². The Balaban J connectivity index is 1.69. The van der Waals surface area contributed by atoms with Gasteiger partial charge in [-0.15, -0.1) is 0 Å². The van der Waals surface area contributed by atoms with Gasteiger partial charge in [0.25, 0.3) is 0 Å². The zero-order chi connectivity index (χ0) is 22.9. The third-order valence-corrected chi connectivity index (χ3v) is 6.87. The van der Waals surface area contributed by atoms with Crippen LogP contribution in [0.4, 0.5) is 13.2 Å². The third kappa shape index (κ3) is 4.40. The molecule has 0 N–H and O–H groups in total. The molecule has 0 spiro atoms. The van der Waals surface area contributed by atoms with Crippen LogP contribution in [-0.2, 0) is 21.8 Å². The summed E-state index contributed by atoms with van der Waals surface area (Å²) in [7, 11) is -2.40. The molecule has 6 nitrogen and oxygen atoms in total. The smallest absolute Gasteiger partial charge is 0.416 e. The minimum atomic E-state index is -4.48. The first-order valence-electron chi connectivity index (χ1n) is 9.69. The predicted octanol–water partition coefficient (Wildman–Crippen LogP) is 4.39. The van der Waals surface area contributed by atoms with Crippen molar-refractivity contribution in [2.45, 2.75) is 29.2 Å². The van der Waals surface area contributed by atoms with Crippen molar-refractivity contribution in [3.8, 4) is 11.5 Å². The van der Waals surface area contributed by atoms with Crippen LogP contribution in [0.3, 0.4) is 0 Å². The van der Waals surface area contributed by atoms with E-state index in [1.165, 1.54) is 37.7 Å². The van der Waals surface area contributed by atoms with Gasteiger partial charge in [-0.25, -0.2) is 18.4 Å². The van der Waals surface area contributed by atoms with Gasteiger partial charge >= 0.3 is 6.18 Å². The molecule has 1 aliphatic rings. The summed E-state index contributed by atoms with van der Waals surface area (Å²) in [5.74, 6) is 0.0144. The molecule has 32 heavy (non-hydrogen) atoms. The molecule has 10 heteroatoms. The highest BCUT2D eigenvalue weighted by molar-refractivity contribution is 7.90. The fraction of sp³-hybridized carbons (Fsp3) is 0.273. The maximum Gasteiger partial charge on any atom is 0.416 e. The van der Waals surface area contributed by atoms with Gasteiger partial charge in [-0.2, -0.15) is 13.2 Å². The Morgan fingerprint density at radius 1 is 1.09 bits per heavy atom. The molecular formula is C22H19F3N2O4S. The monoisotopic (exact) mass is 464 g/mol. The first-order valence-corrected chi connectivity index (χ1v) is 11.3. The lowest BCUT2D eigenvalue weighted by Crippen LogP contribution is -2.17. The van der Waals surface area contributed by atoms with E-state index >= 15 is 0 Å². The number of rotatable bonds is 5. The Morgan fingerprint density at radius 2 is 1.81 bits per heavy atom. The van der Waals surface area contributed by atoms with E-state index in [2.05, 4.69) is 9.97 Å². The molecule has 2 heterocycles.